The van der Waals surface area contributed by atoms with Crippen LogP contribution in [0.25, 0.3) is 0 Å². The quantitative estimate of drug-likeness (QED) is 0.0865. The molecule has 0 heterocycles. The standard InChI is InChI=1S/C41H50FN3O3/c1-5-25-47-39-28-36(26-37(42)29-39)27-38(45(31-34-17-11-7-12-18-34)32-35-19-13-8-14-20-35)21-23-44(40(46)48-41(2,3)4)24-22-43-30-33-15-9-6-10-16-33/h5-20,26,28-29,38,43H,1,21-25,27,30-32H2,2-4H3/t38-/m1/s1. The SMILES string of the molecule is C=CCOc1cc(F)cc(C[C@@H](CCN(CCNCc2ccccc2)C(=O)OC(C)(C)C)N(Cc2ccccc2)Cc2ccccc2)c1. The number of halogens is 1. The second-order valence-corrected chi connectivity index (χ2v) is 13.0. The molecule has 0 aliphatic heterocycles. The average molecular weight is 652 g/mol. The third-order valence-corrected chi connectivity index (χ3v) is 7.86. The maximum Gasteiger partial charge on any atom is 0.410 e. The summed E-state index contributed by atoms with van der Waals surface area (Å²) in [4.78, 5) is 17.8. The van der Waals surface area contributed by atoms with E-state index in [2.05, 4.69) is 53.2 Å². The van der Waals surface area contributed by atoms with Crippen LogP contribution in [-0.4, -0.2) is 53.8 Å². The molecule has 4 aromatic rings. The summed E-state index contributed by atoms with van der Waals surface area (Å²) in [5.74, 6) is 0.129. The molecule has 0 saturated heterocycles. The molecule has 4 aromatic carbocycles. The number of carbonyl (C=O) groups is 1. The first kappa shape index (κ1) is 36.4. The zero-order chi connectivity index (χ0) is 34.2. The van der Waals surface area contributed by atoms with Crippen molar-refractivity contribution in [2.24, 2.45) is 0 Å². The number of hydrogen-bond acceptors (Lipinski definition) is 5. The molecule has 1 atom stereocenters. The third kappa shape index (κ3) is 13.0. The van der Waals surface area contributed by atoms with Crippen molar-refractivity contribution in [1.29, 1.82) is 0 Å². The summed E-state index contributed by atoms with van der Waals surface area (Å²) in [5.41, 5.74) is 3.76. The smallest absolute Gasteiger partial charge is 0.410 e. The lowest BCUT2D eigenvalue weighted by Crippen LogP contribution is -2.44. The molecule has 0 aliphatic rings. The molecule has 254 valence electrons. The van der Waals surface area contributed by atoms with Crippen molar-refractivity contribution in [3.05, 3.63) is 150 Å². The van der Waals surface area contributed by atoms with E-state index in [4.69, 9.17) is 9.47 Å². The van der Waals surface area contributed by atoms with Gasteiger partial charge in [0.15, 0.2) is 0 Å². The zero-order valence-electron chi connectivity index (χ0n) is 28.6. The van der Waals surface area contributed by atoms with Crippen LogP contribution in [0.4, 0.5) is 9.18 Å². The van der Waals surface area contributed by atoms with E-state index in [1.54, 1.807) is 17.0 Å². The van der Waals surface area contributed by atoms with E-state index in [0.29, 0.717) is 64.5 Å². The van der Waals surface area contributed by atoms with Gasteiger partial charge >= 0.3 is 6.09 Å². The Morgan fingerprint density at radius 2 is 1.42 bits per heavy atom. The minimum atomic E-state index is -0.623. The van der Waals surface area contributed by atoms with Gasteiger partial charge in [-0.3, -0.25) is 4.90 Å². The zero-order valence-corrected chi connectivity index (χ0v) is 28.6. The van der Waals surface area contributed by atoms with E-state index >= 15 is 0 Å². The summed E-state index contributed by atoms with van der Waals surface area (Å²) >= 11 is 0. The molecular formula is C41H50FN3O3. The summed E-state index contributed by atoms with van der Waals surface area (Å²) in [6.07, 6.45) is 2.52. The van der Waals surface area contributed by atoms with Gasteiger partial charge in [0.25, 0.3) is 0 Å². The monoisotopic (exact) mass is 651 g/mol. The number of benzene rings is 4. The van der Waals surface area contributed by atoms with Crippen molar-refractivity contribution < 1.29 is 18.7 Å². The highest BCUT2D eigenvalue weighted by atomic mass is 19.1. The fourth-order valence-corrected chi connectivity index (χ4v) is 5.58. The number of rotatable bonds is 18. The molecule has 0 radical (unpaired) electrons. The van der Waals surface area contributed by atoms with Crippen LogP contribution in [0.15, 0.2) is 122 Å². The Hall–Kier alpha value is -4.46. The number of carbonyl (C=O) groups excluding carboxylic acids is 1. The van der Waals surface area contributed by atoms with E-state index in [1.807, 2.05) is 81.4 Å². The molecule has 7 heteroatoms. The predicted molar refractivity (Wildman–Crippen MR) is 192 cm³/mol. The molecule has 0 spiro atoms. The molecule has 0 saturated carbocycles. The first-order valence-corrected chi connectivity index (χ1v) is 16.8. The summed E-state index contributed by atoms with van der Waals surface area (Å²) in [6.45, 7) is 13.4. The van der Waals surface area contributed by atoms with Crippen LogP contribution < -0.4 is 10.1 Å². The fraction of sp³-hybridized carbons (Fsp3) is 0.341. The van der Waals surface area contributed by atoms with E-state index in [-0.39, 0.29) is 18.0 Å². The van der Waals surface area contributed by atoms with Crippen LogP contribution in [0.3, 0.4) is 0 Å². The lowest BCUT2D eigenvalue weighted by molar-refractivity contribution is 0.0229. The second-order valence-electron chi connectivity index (χ2n) is 13.0. The molecule has 4 rings (SSSR count). The van der Waals surface area contributed by atoms with Gasteiger partial charge in [-0.05, 0) is 68.0 Å². The third-order valence-electron chi connectivity index (χ3n) is 7.86. The van der Waals surface area contributed by atoms with E-state index in [0.717, 1.165) is 5.56 Å². The van der Waals surface area contributed by atoms with Crippen molar-refractivity contribution in [3.63, 3.8) is 0 Å². The Labute approximate surface area is 286 Å². The predicted octanol–water partition coefficient (Wildman–Crippen LogP) is 8.42. The van der Waals surface area contributed by atoms with Crippen LogP contribution >= 0.6 is 0 Å². The topological polar surface area (TPSA) is 54.0 Å². The highest BCUT2D eigenvalue weighted by Crippen LogP contribution is 2.24. The van der Waals surface area contributed by atoms with Gasteiger partial charge in [0.1, 0.15) is 23.8 Å². The first-order valence-electron chi connectivity index (χ1n) is 16.8. The number of nitrogens with zero attached hydrogens (tertiary/aromatic N) is 2. The normalized spacial score (nSPS) is 12.0. The largest absolute Gasteiger partial charge is 0.489 e. The highest BCUT2D eigenvalue weighted by molar-refractivity contribution is 5.68. The van der Waals surface area contributed by atoms with Gasteiger partial charge in [0.05, 0.1) is 0 Å². The van der Waals surface area contributed by atoms with E-state index in [9.17, 15) is 9.18 Å². The van der Waals surface area contributed by atoms with Crippen molar-refractivity contribution in [2.75, 3.05) is 26.2 Å². The highest BCUT2D eigenvalue weighted by Gasteiger charge is 2.26. The molecule has 0 aliphatic carbocycles. The van der Waals surface area contributed by atoms with Crippen LogP contribution in [0.1, 0.15) is 49.4 Å². The van der Waals surface area contributed by atoms with Gasteiger partial charge in [-0.15, -0.1) is 0 Å². The minimum absolute atomic E-state index is 0.0401. The summed E-state index contributed by atoms with van der Waals surface area (Å²) in [6, 6.07) is 35.8. The van der Waals surface area contributed by atoms with Gasteiger partial charge in [-0.1, -0.05) is 104 Å². The molecule has 48 heavy (non-hydrogen) atoms. The van der Waals surface area contributed by atoms with Gasteiger partial charge in [-0.2, -0.15) is 0 Å². The van der Waals surface area contributed by atoms with Crippen LogP contribution in [-0.2, 0) is 30.8 Å². The van der Waals surface area contributed by atoms with E-state index in [1.165, 1.54) is 22.8 Å². The Bertz CT molecular complexity index is 1490. The molecule has 1 N–H and O–H groups in total. The van der Waals surface area contributed by atoms with Gasteiger partial charge < -0.3 is 19.7 Å². The summed E-state index contributed by atoms with van der Waals surface area (Å²) in [5, 5.41) is 3.47. The van der Waals surface area contributed by atoms with Crippen LogP contribution in [0, 0.1) is 5.82 Å². The van der Waals surface area contributed by atoms with Crippen LogP contribution in [0.2, 0.25) is 0 Å². The first-order chi connectivity index (χ1) is 23.2. The number of nitrogens with one attached hydrogen (secondary N) is 1. The Kier molecular flexibility index (Phi) is 14.2. The Morgan fingerprint density at radius 3 is 1.98 bits per heavy atom. The van der Waals surface area contributed by atoms with Crippen molar-refractivity contribution in [2.45, 2.75) is 64.9 Å². The number of hydrogen-bond donors (Lipinski definition) is 1. The summed E-state index contributed by atoms with van der Waals surface area (Å²) in [7, 11) is 0. The number of amides is 1. The van der Waals surface area contributed by atoms with Crippen molar-refractivity contribution >= 4 is 6.09 Å². The second kappa shape index (κ2) is 18.8. The maximum absolute atomic E-state index is 14.9. The molecule has 0 bridgehead atoms. The van der Waals surface area contributed by atoms with Crippen LogP contribution in [0.5, 0.6) is 5.75 Å². The molecule has 6 nitrogen and oxygen atoms in total. The van der Waals surface area contributed by atoms with Crippen molar-refractivity contribution in [1.82, 2.24) is 15.1 Å². The lowest BCUT2D eigenvalue weighted by atomic mass is 9.99. The average Bonchev–Trinajstić information content (AvgIpc) is 3.06. The van der Waals surface area contributed by atoms with E-state index < -0.39 is 5.60 Å². The summed E-state index contributed by atoms with van der Waals surface area (Å²) < 4.78 is 26.5. The molecular weight excluding hydrogens is 601 g/mol. The molecule has 1 amide bonds. The fourth-order valence-electron chi connectivity index (χ4n) is 5.58. The minimum Gasteiger partial charge on any atom is -0.489 e. The Balaban J connectivity index is 1.60. The lowest BCUT2D eigenvalue weighted by Gasteiger charge is -2.35. The van der Waals surface area contributed by atoms with Gasteiger partial charge in [0.2, 0.25) is 0 Å². The Morgan fingerprint density at radius 1 is 0.833 bits per heavy atom. The molecule has 0 fully saturated rings. The molecule has 0 aromatic heterocycles. The van der Waals surface area contributed by atoms with Gasteiger partial charge in [0, 0.05) is 51.4 Å². The van der Waals surface area contributed by atoms with Crippen molar-refractivity contribution in [3.8, 4) is 5.75 Å². The molecule has 0 unspecified atom stereocenters. The van der Waals surface area contributed by atoms with Gasteiger partial charge in [-0.25, -0.2) is 9.18 Å². The number of ether oxygens (including phenoxy) is 2. The maximum atomic E-state index is 14.9.